The average molecular weight is 394 g/mol. The zero-order valence-corrected chi connectivity index (χ0v) is 16.6. The van der Waals surface area contributed by atoms with Gasteiger partial charge in [-0.05, 0) is 31.9 Å². The lowest BCUT2D eigenvalue weighted by atomic mass is 9.93. The molecule has 2 aliphatic rings. The predicted octanol–water partition coefficient (Wildman–Crippen LogP) is 1.86. The quantitative estimate of drug-likeness (QED) is 0.469. The van der Waals surface area contributed by atoms with Crippen molar-refractivity contribution in [3.8, 4) is 0 Å². The maximum Gasteiger partial charge on any atom is 0.289 e. The van der Waals surface area contributed by atoms with Gasteiger partial charge in [-0.3, -0.25) is 4.79 Å². The van der Waals surface area contributed by atoms with Crippen LogP contribution in [-0.2, 0) is 6.42 Å². The molecule has 0 spiro atoms. The molecule has 4 N–H and O–H groups in total. The first kappa shape index (κ1) is 19.0. The van der Waals surface area contributed by atoms with Crippen molar-refractivity contribution in [2.24, 2.45) is 21.7 Å². The number of guanidine groups is 1. The van der Waals surface area contributed by atoms with E-state index in [2.05, 4.69) is 27.2 Å². The second-order valence-electron chi connectivity index (χ2n) is 7.39. The second-order valence-corrected chi connectivity index (χ2v) is 7.39. The summed E-state index contributed by atoms with van der Waals surface area (Å²) in [5.74, 6) is 1.05. The molecule has 1 aliphatic carbocycles. The van der Waals surface area contributed by atoms with Crippen LogP contribution in [0.5, 0.6) is 0 Å². The number of hydrogen-bond donors (Lipinski definition) is 2. The molecule has 0 atom stereocenters. The first-order valence-corrected chi connectivity index (χ1v) is 9.92. The smallest absolute Gasteiger partial charge is 0.289 e. The first-order valence-electron chi connectivity index (χ1n) is 9.92. The SMILES string of the molecule is Cc1c(C(=O)N2CCN(c3ccccc3)CC2)oc2c1/C(=N/N=C(N)N)CCC2. The topological polar surface area (TPSA) is 113 Å². The number of amides is 1. The van der Waals surface area contributed by atoms with Crippen molar-refractivity contribution in [3.05, 3.63) is 53.0 Å². The fourth-order valence-electron chi connectivity index (χ4n) is 4.04. The highest BCUT2D eigenvalue weighted by Gasteiger charge is 2.31. The normalized spacial score (nSPS) is 17.9. The highest BCUT2D eigenvalue weighted by molar-refractivity contribution is 6.06. The lowest BCUT2D eigenvalue weighted by Crippen LogP contribution is -2.48. The number of piperazine rings is 1. The molecule has 1 aromatic carbocycles. The van der Waals surface area contributed by atoms with Gasteiger partial charge in [0.05, 0.1) is 5.71 Å². The van der Waals surface area contributed by atoms with Crippen molar-refractivity contribution in [2.45, 2.75) is 26.2 Å². The predicted molar refractivity (Wildman–Crippen MR) is 113 cm³/mol. The summed E-state index contributed by atoms with van der Waals surface area (Å²) in [6.45, 7) is 4.83. The monoisotopic (exact) mass is 394 g/mol. The number of hydrogen-bond acceptors (Lipinski definition) is 5. The third-order valence-electron chi connectivity index (χ3n) is 5.49. The number of nitrogens with two attached hydrogens (primary N) is 2. The molecule has 1 saturated heterocycles. The van der Waals surface area contributed by atoms with Gasteiger partial charge in [-0.2, -0.15) is 5.10 Å². The Balaban J connectivity index is 1.52. The van der Waals surface area contributed by atoms with E-state index >= 15 is 0 Å². The summed E-state index contributed by atoms with van der Waals surface area (Å²) >= 11 is 0. The summed E-state index contributed by atoms with van der Waals surface area (Å²) in [7, 11) is 0. The Morgan fingerprint density at radius 3 is 2.48 bits per heavy atom. The number of furan rings is 1. The molecular weight excluding hydrogens is 368 g/mol. The highest BCUT2D eigenvalue weighted by Crippen LogP contribution is 2.31. The van der Waals surface area contributed by atoms with E-state index in [9.17, 15) is 4.79 Å². The van der Waals surface area contributed by atoms with Gasteiger partial charge in [-0.25, -0.2) is 0 Å². The van der Waals surface area contributed by atoms with E-state index in [0.29, 0.717) is 18.8 Å². The number of fused-ring (bicyclic) bond motifs is 1. The molecule has 1 amide bonds. The fourth-order valence-corrected chi connectivity index (χ4v) is 4.04. The summed E-state index contributed by atoms with van der Waals surface area (Å²) in [5, 5.41) is 7.96. The fraction of sp³-hybridized carbons (Fsp3) is 0.381. The zero-order valence-electron chi connectivity index (χ0n) is 16.6. The Morgan fingerprint density at radius 2 is 1.79 bits per heavy atom. The van der Waals surface area contributed by atoms with Gasteiger partial charge in [0.15, 0.2) is 5.76 Å². The maximum absolute atomic E-state index is 13.2. The number of benzene rings is 1. The molecule has 0 unspecified atom stereocenters. The molecule has 0 radical (unpaired) electrons. The van der Waals surface area contributed by atoms with Crippen molar-refractivity contribution in [1.29, 1.82) is 0 Å². The number of rotatable bonds is 3. The molecule has 0 saturated carbocycles. The van der Waals surface area contributed by atoms with Crippen LogP contribution in [0.1, 0.15) is 40.3 Å². The van der Waals surface area contributed by atoms with Gasteiger partial charge in [0, 0.05) is 49.4 Å². The van der Waals surface area contributed by atoms with E-state index in [1.54, 1.807) is 0 Å². The molecule has 0 bridgehead atoms. The van der Waals surface area contributed by atoms with Gasteiger partial charge in [-0.1, -0.05) is 18.2 Å². The molecule has 1 aromatic heterocycles. The summed E-state index contributed by atoms with van der Waals surface area (Å²) < 4.78 is 6.00. The molecule has 2 heterocycles. The second kappa shape index (κ2) is 7.98. The van der Waals surface area contributed by atoms with Crippen molar-refractivity contribution >= 4 is 23.3 Å². The van der Waals surface area contributed by atoms with E-state index in [4.69, 9.17) is 15.9 Å². The lowest BCUT2D eigenvalue weighted by Gasteiger charge is -2.35. The highest BCUT2D eigenvalue weighted by atomic mass is 16.4. The number of anilines is 1. The van der Waals surface area contributed by atoms with Crippen LogP contribution in [0, 0.1) is 6.92 Å². The minimum atomic E-state index is -0.0849. The minimum absolute atomic E-state index is 0.0641. The Labute approximate surface area is 169 Å². The van der Waals surface area contributed by atoms with Crippen LogP contribution in [0.2, 0.25) is 0 Å². The number of carbonyl (C=O) groups is 1. The van der Waals surface area contributed by atoms with E-state index in [-0.39, 0.29) is 11.9 Å². The van der Waals surface area contributed by atoms with Crippen LogP contribution < -0.4 is 16.4 Å². The minimum Gasteiger partial charge on any atom is -0.455 e. The van der Waals surface area contributed by atoms with Crippen LogP contribution in [0.25, 0.3) is 0 Å². The van der Waals surface area contributed by atoms with E-state index in [1.165, 1.54) is 5.69 Å². The van der Waals surface area contributed by atoms with Crippen LogP contribution in [0.3, 0.4) is 0 Å². The van der Waals surface area contributed by atoms with Crippen LogP contribution in [0.4, 0.5) is 5.69 Å². The van der Waals surface area contributed by atoms with Gasteiger partial charge in [0.2, 0.25) is 5.96 Å². The number of aryl methyl sites for hydroxylation is 1. The van der Waals surface area contributed by atoms with Crippen molar-refractivity contribution in [1.82, 2.24) is 4.90 Å². The lowest BCUT2D eigenvalue weighted by molar-refractivity contribution is 0.0711. The van der Waals surface area contributed by atoms with Crippen LogP contribution in [0.15, 0.2) is 45.0 Å². The molecule has 8 nitrogen and oxygen atoms in total. The van der Waals surface area contributed by atoms with Crippen LogP contribution >= 0.6 is 0 Å². The molecule has 8 heteroatoms. The Morgan fingerprint density at radius 1 is 1.07 bits per heavy atom. The summed E-state index contributed by atoms with van der Waals surface area (Å²) in [6.07, 6.45) is 2.43. The summed E-state index contributed by atoms with van der Waals surface area (Å²) in [5.41, 5.74) is 14.5. The largest absolute Gasteiger partial charge is 0.455 e. The van der Waals surface area contributed by atoms with E-state index in [1.807, 2.05) is 30.0 Å². The van der Waals surface area contributed by atoms with Crippen molar-refractivity contribution in [2.75, 3.05) is 31.1 Å². The molecule has 1 fully saturated rings. The first-order chi connectivity index (χ1) is 14.0. The molecule has 2 aromatic rings. The molecular formula is C21H26N6O2. The Hall–Kier alpha value is -3.29. The number of carbonyl (C=O) groups excluding carboxylic acids is 1. The van der Waals surface area contributed by atoms with Crippen LogP contribution in [-0.4, -0.2) is 48.7 Å². The third-order valence-corrected chi connectivity index (χ3v) is 5.49. The van der Waals surface area contributed by atoms with Gasteiger partial charge < -0.3 is 25.7 Å². The summed E-state index contributed by atoms with van der Waals surface area (Å²) in [6, 6.07) is 10.3. The van der Waals surface area contributed by atoms with Crippen molar-refractivity contribution < 1.29 is 9.21 Å². The van der Waals surface area contributed by atoms with E-state index < -0.39 is 0 Å². The summed E-state index contributed by atoms with van der Waals surface area (Å²) in [4.78, 5) is 17.3. The van der Waals surface area contributed by atoms with Gasteiger partial charge in [0.25, 0.3) is 5.91 Å². The van der Waals surface area contributed by atoms with Gasteiger partial charge in [0.1, 0.15) is 5.76 Å². The molecule has 152 valence electrons. The Kier molecular flexibility index (Phi) is 5.24. The van der Waals surface area contributed by atoms with Gasteiger partial charge >= 0.3 is 0 Å². The Bertz CT molecular complexity index is 951. The number of para-hydroxylation sites is 1. The van der Waals surface area contributed by atoms with Crippen molar-refractivity contribution in [3.63, 3.8) is 0 Å². The standard InChI is InChI=1S/C21H26N6O2/c1-14-18-16(24-25-21(22)23)8-5-9-17(18)29-19(14)20(28)27-12-10-26(11-13-27)15-6-3-2-4-7-15/h2-4,6-7H,5,8-13H2,1H3,(H4,22,23,25)/b24-16+. The number of nitrogens with zero attached hydrogens (tertiary/aromatic N) is 4. The molecule has 4 rings (SSSR count). The maximum atomic E-state index is 13.2. The zero-order chi connectivity index (χ0) is 20.4. The molecule has 1 aliphatic heterocycles. The average Bonchev–Trinajstić information content (AvgIpc) is 3.09. The van der Waals surface area contributed by atoms with Gasteiger partial charge in [-0.15, -0.1) is 5.10 Å². The van der Waals surface area contributed by atoms with E-state index in [0.717, 1.165) is 55.0 Å². The third kappa shape index (κ3) is 3.83. The molecule has 29 heavy (non-hydrogen) atoms.